The van der Waals surface area contributed by atoms with Gasteiger partial charge in [-0.15, -0.1) is 0 Å². The van der Waals surface area contributed by atoms with Crippen LogP contribution >= 0.6 is 7.82 Å². The van der Waals surface area contributed by atoms with Crippen LogP contribution in [0.3, 0.4) is 0 Å². The Morgan fingerprint density at radius 2 is 1.57 bits per heavy atom. The average molecular weight is 436 g/mol. The van der Waals surface area contributed by atoms with Crippen molar-refractivity contribution < 1.29 is 38.3 Å². The molecule has 10 heteroatoms. The van der Waals surface area contributed by atoms with Crippen LogP contribution in [0.2, 0.25) is 0 Å². The van der Waals surface area contributed by atoms with E-state index in [1.807, 2.05) is 0 Å². The summed E-state index contributed by atoms with van der Waals surface area (Å²) in [5.74, 6) is -0.257. The van der Waals surface area contributed by atoms with Crippen molar-refractivity contribution in [2.45, 2.75) is 5.60 Å². The zero-order chi connectivity index (χ0) is 20.4. The predicted molar refractivity (Wildman–Crippen MR) is 106 cm³/mol. The molecule has 1 atom stereocenters. The van der Waals surface area contributed by atoms with Crippen molar-refractivity contribution in [3.63, 3.8) is 0 Å². The van der Waals surface area contributed by atoms with Crippen LogP contribution in [-0.4, -0.2) is 50.4 Å². The second-order valence-electron chi connectivity index (χ2n) is 6.64. The number of carbonyl (C=O) groups excluding carboxylic acids is 1. The number of carbonyl (C=O) groups is 1. The number of phosphoric acid groups is 1. The zero-order valence-electron chi connectivity index (χ0n) is 14.6. The number of hydrogen-bond donors (Lipinski definition) is 3. The summed E-state index contributed by atoms with van der Waals surface area (Å²) in [6.07, 6.45) is 0. The third-order valence-electron chi connectivity index (χ3n) is 4.89. The van der Waals surface area contributed by atoms with Crippen LogP contribution in [0.5, 0.6) is 23.0 Å². The number of esters is 1. The number of phenols is 1. The van der Waals surface area contributed by atoms with E-state index in [1.165, 1.54) is 30.3 Å². The van der Waals surface area contributed by atoms with E-state index in [1.54, 1.807) is 30.3 Å². The Bertz CT molecular complexity index is 1240. The number of phenolic OH excluding ortho intramolecular Hbond substituents is 1. The molecule has 0 amide bonds. The molecule has 0 aromatic heterocycles. The average Bonchev–Trinajstić information content (AvgIpc) is 2.94. The molecule has 0 saturated heterocycles. The third-order valence-corrected chi connectivity index (χ3v) is 5.34. The summed E-state index contributed by atoms with van der Waals surface area (Å²) < 4.78 is 27.6. The summed E-state index contributed by atoms with van der Waals surface area (Å²) in [4.78, 5) is 30.8. The molecule has 2 aliphatic rings. The molecule has 0 bridgehead atoms. The summed E-state index contributed by atoms with van der Waals surface area (Å²) in [5.41, 5.74) is 0.655. The first-order valence-electron chi connectivity index (χ1n) is 8.52. The molecule has 30 heavy (non-hydrogen) atoms. The molecular weight excluding hydrogens is 422 g/mol. The topological polar surface area (TPSA) is 123 Å². The second kappa shape index (κ2) is 7.13. The first-order chi connectivity index (χ1) is 13.8. The Kier molecular flexibility index (Phi) is 4.97. The fourth-order valence-corrected chi connectivity index (χ4v) is 4.23. The minimum absolute atomic E-state index is 0. The van der Waals surface area contributed by atoms with Gasteiger partial charge in [0, 0.05) is 28.8 Å². The Labute approximate surface area is 192 Å². The van der Waals surface area contributed by atoms with E-state index in [2.05, 4.69) is 4.52 Å². The number of ether oxygens (including phenoxy) is 2. The van der Waals surface area contributed by atoms with E-state index in [4.69, 9.17) is 19.3 Å². The van der Waals surface area contributed by atoms with Gasteiger partial charge in [0.05, 0.1) is 5.56 Å². The summed E-state index contributed by atoms with van der Waals surface area (Å²) >= 11 is 0. The third kappa shape index (κ3) is 3.13. The van der Waals surface area contributed by atoms with Gasteiger partial charge in [-0.25, -0.2) is 9.36 Å². The van der Waals surface area contributed by atoms with E-state index in [0.29, 0.717) is 22.3 Å². The fraction of sp³-hybridized carbons (Fsp3) is 0.0500. The fourth-order valence-electron chi connectivity index (χ4n) is 3.84. The first-order valence-corrected chi connectivity index (χ1v) is 10.0. The van der Waals surface area contributed by atoms with Gasteiger partial charge < -0.3 is 19.1 Å². The first kappa shape index (κ1) is 20.9. The Morgan fingerprint density at radius 3 is 2.30 bits per heavy atom. The molecular formula is C20H14NaO8P. The van der Waals surface area contributed by atoms with E-state index in [-0.39, 0.29) is 52.6 Å². The van der Waals surface area contributed by atoms with Crippen molar-refractivity contribution in [2.24, 2.45) is 0 Å². The van der Waals surface area contributed by atoms with Crippen molar-refractivity contribution in [1.82, 2.24) is 0 Å². The molecule has 3 aromatic carbocycles. The maximum atomic E-state index is 12.6. The predicted octanol–water partition coefficient (Wildman–Crippen LogP) is 2.78. The number of aromatic hydroxyl groups is 1. The molecule has 1 spiro atoms. The van der Waals surface area contributed by atoms with Crippen LogP contribution in [-0.2, 0) is 14.9 Å². The van der Waals surface area contributed by atoms with Gasteiger partial charge in [-0.2, -0.15) is 0 Å². The van der Waals surface area contributed by atoms with Crippen molar-refractivity contribution in [3.05, 3.63) is 82.9 Å². The van der Waals surface area contributed by atoms with E-state index < -0.39 is 19.4 Å². The molecule has 0 aliphatic carbocycles. The number of phosphoric ester groups is 1. The van der Waals surface area contributed by atoms with Crippen LogP contribution in [0.4, 0.5) is 0 Å². The van der Waals surface area contributed by atoms with Gasteiger partial charge in [0.25, 0.3) is 0 Å². The van der Waals surface area contributed by atoms with Gasteiger partial charge >= 0.3 is 43.3 Å². The van der Waals surface area contributed by atoms with Crippen molar-refractivity contribution in [2.75, 3.05) is 0 Å². The number of hydrogen-bond acceptors (Lipinski definition) is 6. The van der Waals surface area contributed by atoms with Crippen LogP contribution in [0.1, 0.15) is 27.0 Å². The quantitative estimate of drug-likeness (QED) is 0.319. The molecule has 2 heterocycles. The number of rotatable bonds is 2. The van der Waals surface area contributed by atoms with Gasteiger partial charge in [-0.05, 0) is 30.3 Å². The molecule has 0 fully saturated rings. The van der Waals surface area contributed by atoms with E-state index in [9.17, 15) is 14.5 Å². The van der Waals surface area contributed by atoms with Crippen LogP contribution in [0.25, 0.3) is 0 Å². The van der Waals surface area contributed by atoms with Gasteiger partial charge in [0.15, 0.2) is 5.60 Å². The molecule has 0 saturated carbocycles. The molecule has 1 unspecified atom stereocenters. The summed E-state index contributed by atoms with van der Waals surface area (Å²) in [5, 5.41) is 9.91. The van der Waals surface area contributed by atoms with Crippen molar-refractivity contribution in [1.29, 1.82) is 0 Å². The Balaban J connectivity index is 0.00000218. The summed E-state index contributed by atoms with van der Waals surface area (Å²) in [7, 11) is -4.78. The van der Waals surface area contributed by atoms with Gasteiger partial charge in [0.2, 0.25) is 0 Å². The Morgan fingerprint density at radius 1 is 0.900 bits per heavy atom. The van der Waals surface area contributed by atoms with Gasteiger partial charge in [-0.1, -0.05) is 18.2 Å². The molecule has 8 nitrogen and oxygen atoms in total. The summed E-state index contributed by atoms with van der Waals surface area (Å²) in [6.45, 7) is 0. The second-order valence-corrected chi connectivity index (χ2v) is 7.80. The zero-order valence-corrected chi connectivity index (χ0v) is 15.5. The standard InChI is InChI=1S/C20H13O8P.Na.H/c21-11-5-7-15-17(9-11)26-18-10-12(28-29(23,24)25)6-8-16(18)20(15)14-4-2-1-3-13(14)19(22)27-20;;/h1-10,21H,(H2,23,24,25);;. The number of fused-ring (bicyclic) bond motifs is 6. The van der Waals surface area contributed by atoms with Crippen molar-refractivity contribution in [3.8, 4) is 23.0 Å². The maximum absolute atomic E-state index is 12.6. The SMILES string of the molecule is O=C1OC2(c3ccc(O)cc3Oc3cc(OP(=O)(O)O)ccc32)c2ccccc21.[NaH]. The van der Waals surface area contributed by atoms with Crippen LogP contribution < -0.4 is 9.26 Å². The monoisotopic (exact) mass is 436 g/mol. The molecule has 3 N–H and O–H groups in total. The Hall–Kier alpha value is -2.32. The van der Waals surface area contributed by atoms with Gasteiger partial charge in [0.1, 0.15) is 23.0 Å². The van der Waals surface area contributed by atoms with Crippen LogP contribution in [0.15, 0.2) is 60.7 Å². The van der Waals surface area contributed by atoms with E-state index >= 15 is 0 Å². The molecule has 148 valence electrons. The summed E-state index contributed by atoms with van der Waals surface area (Å²) in [6, 6.07) is 15.6. The normalized spacial score (nSPS) is 18.4. The van der Waals surface area contributed by atoms with Gasteiger partial charge in [-0.3, -0.25) is 9.79 Å². The van der Waals surface area contributed by atoms with Crippen LogP contribution in [0, 0.1) is 0 Å². The molecule has 3 aromatic rings. The van der Waals surface area contributed by atoms with E-state index in [0.717, 1.165) is 0 Å². The molecule has 5 rings (SSSR count). The minimum atomic E-state index is -4.78. The molecule has 0 radical (unpaired) electrons. The van der Waals surface area contributed by atoms with Crippen molar-refractivity contribution >= 4 is 43.3 Å². The number of benzene rings is 3. The molecule has 2 aliphatic heterocycles.